The van der Waals surface area contributed by atoms with E-state index in [4.69, 9.17) is 4.74 Å². The Morgan fingerprint density at radius 1 is 1.06 bits per heavy atom. The topological polar surface area (TPSA) is 58.6 Å². The van der Waals surface area contributed by atoms with Gasteiger partial charge in [-0.1, -0.05) is 50.1 Å². The van der Waals surface area contributed by atoms with Crippen LogP contribution in [0.3, 0.4) is 0 Å². The second-order valence-electron chi connectivity index (χ2n) is 7.54. The van der Waals surface area contributed by atoms with Gasteiger partial charge in [-0.3, -0.25) is 9.59 Å². The molecule has 6 heteroatoms. The Balaban J connectivity index is 2.16. The molecule has 0 unspecified atom stereocenters. The van der Waals surface area contributed by atoms with E-state index < -0.39 is 6.04 Å². The first kappa shape index (κ1) is 24.8. The van der Waals surface area contributed by atoms with Crippen LogP contribution >= 0.6 is 11.8 Å². The van der Waals surface area contributed by atoms with E-state index in [1.165, 1.54) is 17.3 Å². The Morgan fingerprint density at radius 2 is 1.74 bits per heavy atom. The van der Waals surface area contributed by atoms with Crippen molar-refractivity contribution in [2.24, 2.45) is 0 Å². The second kappa shape index (κ2) is 13.1. The first-order valence-corrected chi connectivity index (χ1v) is 11.9. The van der Waals surface area contributed by atoms with Gasteiger partial charge >= 0.3 is 0 Å². The van der Waals surface area contributed by atoms with Gasteiger partial charge in [-0.15, -0.1) is 11.8 Å². The van der Waals surface area contributed by atoms with Crippen LogP contribution in [0.2, 0.25) is 0 Å². The largest absolute Gasteiger partial charge is 0.497 e. The van der Waals surface area contributed by atoms with Crippen LogP contribution in [0.5, 0.6) is 5.75 Å². The van der Waals surface area contributed by atoms with Crippen molar-refractivity contribution < 1.29 is 14.3 Å². The fraction of sp³-hybridized carbons (Fsp3) is 0.440. The molecule has 2 aromatic carbocycles. The minimum Gasteiger partial charge on any atom is -0.497 e. The van der Waals surface area contributed by atoms with Crippen molar-refractivity contribution in [3.05, 3.63) is 59.7 Å². The van der Waals surface area contributed by atoms with Crippen molar-refractivity contribution in [2.45, 2.75) is 57.5 Å². The molecule has 0 aliphatic carbocycles. The number of hydrogen-bond donors (Lipinski definition) is 1. The average Bonchev–Trinajstić information content (AvgIpc) is 2.79. The minimum absolute atomic E-state index is 0.0427. The number of carbonyl (C=O) groups excluding carboxylic acids is 2. The molecular weight excluding hydrogens is 408 g/mol. The SMILES string of the molecule is CCCCNC(=O)[C@H](CC)N(Cc1ccc(OC)cc1)C(=O)CSc1ccc(C)cc1. The van der Waals surface area contributed by atoms with E-state index in [0.29, 0.717) is 19.5 Å². The number of rotatable bonds is 12. The quantitative estimate of drug-likeness (QED) is 0.378. The van der Waals surface area contributed by atoms with Gasteiger partial charge < -0.3 is 15.0 Å². The van der Waals surface area contributed by atoms with E-state index in [-0.39, 0.29) is 17.6 Å². The Kier molecular flexibility index (Phi) is 10.4. The summed E-state index contributed by atoms with van der Waals surface area (Å²) in [6.07, 6.45) is 2.51. The predicted octanol–water partition coefficient (Wildman–Crippen LogP) is 4.82. The van der Waals surface area contributed by atoms with Crippen LogP contribution in [-0.2, 0) is 16.1 Å². The first-order chi connectivity index (χ1) is 15.0. The lowest BCUT2D eigenvalue weighted by Crippen LogP contribution is -2.49. The maximum atomic E-state index is 13.2. The number of methoxy groups -OCH3 is 1. The number of nitrogens with one attached hydrogen (secondary N) is 1. The Bertz CT molecular complexity index is 822. The highest BCUT2D eigenvalue weighted by atomic mass is 32.2. The fourth-order valence-electron chi connectivity index (χ4n) is 3.22. The third-order valence-electron chi connectivity index (χ3n) is 5.11. The van der Waals surface area contributed by atoms with Crippen molar-refractivity contribution in [3.63, 3.8) is 0 Å². The molecule has 1 atom stereocenters. The molecule has 0 saturated heterocycles. The maximum Gasteiger partial charge on any atom is 0.242 e. The molecule has 2 aromatic rings. The molecule has 5 nitrogen and oxygen atoms in total. The van der Waals surface area contributed by atoms with Crippen LogP contribution in [0.15, 0.2) is 53.4 Å². The summed E-state index contributed by atoms with van der Waals surface area (Å²) in [6, 6.07) is 15.3. The molecule has 0 aromatic heterocycles. The number of carbonyl (C=O) groups is 2. The lowest BCUT2D eigenvalue weighted by atomic mass is 10.1. The molecular formula is C25H34N2O3S. The number of benzene rings is 2. The van der Waals surface area contributed by atoms with Crippen LogP contribution in [0.4, 0.5) is 0 Å². The van der Waals surface area contributed by atoms with Crippen LogP contribution in [-0.4, -0.2) is 42.2 Å². The Morgan fingerprint density at radius 3 is 2.32 bits per heavy atom. The summed E-state index contributed by atoms with van der Waals surface area (Å²) in [4.78, 5) is 28.9. The van der Waals surface area contributed by atoms with Gasteiger partial charge in [0.2, 0.25) is 11.8 Å². The summed E-state index contributed by atoms with van der Waals surface area (Å²) in [5.41, 5.74) is 2.15. The summed E-state index contributed by atoms with van der Waals surface area (Å²) in [7, 11) is 1.63. The van der Waals surface area contributed by atoms with Crippen LogP contribution in [0.1, 0.15) is 44.2 Å². The molecule has 1 N–H and O–H groups in total. The van der Waals surface area contributed by atoms with Crippen LogP contribution in [0, 0.1) is 6.92 Å². The summed E-state index contributed by atoms with van der Waals surface area (Å²) >= 11 is 1.50. The van der Waals surface area contributed by atoms with E-state index in [1.807, 2.05) is 62.4 Å². The molecule has 0 bridgehead atoms. The van der Waals surface area contributed by atoms with Crippen molar-refractivity contribution >= 4 is 23.6 Å². The summed E-state index contributed by atoms with van der Waals surface area (Å²) < 4.78 is 5.23. The molecule has 2 rings (SSSR count). The van der Waals surface area contributed by atoms with E-state index in [9.17, 15) is 9.59 Å². The highest BCUT2D eigenvalue weighted by Gasteiger charge is 2.28. The number of hydrogen-bond acceptors (Lipinski definition) is 4. The average molecular weight is 443 g/mol. The first-order valence-electron chi connectivity index (χ1n) is 10.9. The number of thioether (sulfide) groups is 1. The monoisotopic (exact) mass is 442 g/mol. The van der Waals surface area contributed by atoms with Crippen molar-refractivity contribution in [2.75, 3.05) is 19.4 Å². The molecule has 0 saturated carbocycles. The summed E-state index contributed by atoms with van der Waals surface area (Å²) in [5, 5.41) is 2.99. The van der Waals surface area contributed by atoms with Gasteiger partial charge in [0.05, 0.1) is 12.9 Å². The molecule has 2 amide bonds. The molecule has 168 valence electrons. The van der Waals surface area contributed by atoms with Gasteiger partial charge in [-0.05, 0) is 49.6 Å². The smallest absolute Gasteiger partial charge is 0.242 e. The number of ether oxygens (including phenoxy) is 1. The molecule has 0 spiro atoms. The van der Waals surface area contributed by atoms with Crippen molar-refractivity contribution in [1.82, 2.24) is 10.2 Å². The van der Waals surface area contributed by atoms with Crippen molar-refractivity contribution in [1.29, 1.82) is 0 Å². The Labute approximate surface area is 190 Å². The third-order valence-corrected chi connectivity index (χ3v) is 6.11. The minimum atomic E-state index is -0.495. The highest BCUT2D eigenvalue weighted by Crippen LogP contribution is 2.21. The van der Waals surface area contributed by atoms with Gasteiger partial charge in [0.15, 0.2) is 0 Å². The zero-order chi connectivity index (χ0) is 22.6. The lowest BCUT2D eigenvalue weighted by Gasteiger charge is -2.30. The van der Waals surface area contributed by atoms with Gasteiger partial charge in [0.1, 0.15) is 11.8 Å². The van der Waals surface area contributed by atoms with E-state index >= 15 is 0 Å². The number of unbranched alkanes of at least 4 members (excludes halogenated alkanes) is 1. The van der Waals surface area contributed by atoms with Gasteiger partial charge in [0, 0.05) is 18.0 Å². The number of nitrogens with zero attached hydrogens (tertiary/aromatic N) is 1. The van der Waals surface area contributed by atoms with Crippen LogP contribution in [0.25, 0.3) is 0 Å². The lowest BCUT2D eigenvalue weighted by molar-refractivity contribution is -0.139. The summed E-state index contributed by atoms with van der Waals surface area (Å²) in [5.74, 6) is 0.927. The molecule has 0 aliphatic rings. The zero-order valence-corrected chi connectivity index (χ0v) is 19.8. The normalized spacial score (nSPS) is 11.6. The van der Waals surface area contributed by atoms with Gasteiger partial charge in [-0.25, -0.2) is 0 Å². The molecule has 0 radical (unpaired) electrons. The zero-order valence-electron chi connectivity index (χ0n) is 19.0. The standard InChI is InChI=1S/C25H34N2O3S/c1-5-7-16-26-25(29)23(6-2)27(17-20-10-12-21(30-4)13-11-20)24(28)18-31-22-14-8-19(3)9-15-22/h8-15,23H,5-7,16-18H2,1-4H3,(H,26,29)/t23-/m0/s1. The highest BCUT2D eigenvalue weighted by molar-refractivity contribution is 8.00. The Hall–Kier alpha value is -2.47. The predicted molar refractivity (Wildman–Crippen MR) is 127 cm³/mol. The van der Waals surface area contributed by atoms with Crippen LogP contribution < -0.4 is 10.1 Å². The van der Waals surface area contributed by atoms with Gasteiger partial charge in [-0.2, -0.15) is 0 Å². The van der Waals surface area contributed by atoms with Gasteiger partial charge in [0.25, 0.3) is 0 Å². The van der Waals surface area contributed by atoms with E-state index in [0.717, 1.165) is 29.1 Å². The third kappa shape index (κ3) is 7.94. The molecule has 0 fully saturated rings. The maximum absolute atomic E-state index is 13.2. The molecule has 0 heterocycles. The van der Waals surface area contributed by atoms with E-state index in [1.54, 1.807) is 12.0 Å². The number of amides is 2. The van der Waals surface area contributed by atoms with E-state index in [2.05, 4.69) is 12.2 Å². The second-order valence-corrected chi connectivity index (χ2v) is 8.59. The number of aryl methyl sites for hydroxylation is 1. The summed E-state index contributed by atoms with van der Waals surface area (Å²) in [6.45, 7) is 7.10. The molecule has 0 aliphatic heterocycles. The van der Waals surface area contributed by atoms with Crippen molar-refractivity contribution in [3.8, 4) is 5.75 Å². The molecule has 31 heavy (non-hydrogen) atoms. The fourth-order valence-corrected chi connectivity index (χ4v) is 4.00.